The zero-order valence-corrected chi connectivity index (χ0v) is 22.1. The third-order valence-electron chi connectivity index (χ3n) is 7.21. The molecule has 1 fully saturated rings. The molecule has 0 atom stereocenters. The molecule has 5 rings (SSSR count). The van der Waals surface area contributed by atoms with E-state index in [2.05, 4.69) is 60.4 Å². The van der Waals surface area contributed by atoms with E-state index in [0.717, 1.165) is 54.3 Å². The molecule has 2 aromatic heterocycles. The molecule has 0 saturated carbocycles. The van der Waals surface area contributed by atoms with Gasteiger partial charge in [0.15, 0.2) is 0 Å². The quantitative estimate of drug-likeness (QED) is 0.318. The Kier molecular flexibility index (Phi) is 7.24. The Morgan fingerprint density at radius 3 is 2.62 bits per heavy atom. The van der Waals surface area contributed by atoms with Gasteiger partial charge in [0.25, 0.3) is 0 Å². The molecule has 1 saturated heterocycles. The highest BCUT2D eigenvalue weighted by molar-refractivity contribution is 5.83. The number of rotatable bonds is 8. The first-order chi connectivity index (χ1) is 17.9. The summed E-state index contributed by atoms with van der Waals surface area (Å²) in [5.74, 6) is 2.99. The molecule has 7 nitrogen and oxygen atoms in total. The number of benzene rings is 2. The first kappa shape index (κ1) is 25.0. The number of carbonyl (C=O) groups excluding carboxylic acids is 1. The summed E-state index contributed by atoms with van der Waals surface area (Å²) in [6.07, 6.45) is 3.91. The molecule has 0 bridgehead atoms. The number of pyridine rings is 1. The van der Waals surface area contributed by atoms with Gasteiger partial charge in [0.1, 0.15) is 17.3 Å². The van der Waals surface area contributed by atoms with E-state index < -0.39 is 0 Å². The number of aryl methyl sites for hydroxylation is 1. The van der Waals surface area contributed by atoms with Crippen molar-refractivity contribution in [1.29, 1.82) is 0 Å². The third kappa shape index (κ3) is 5.83. The Balaban J connectivity index is 1.29. The normalized spacial score (nSPS) is 14.8. The van der Waals surface area contributed by atoms with Crippen molar-refractivity contribution >= 4 is 28.5 Å². The number of hydrogen-bond acceptors (Lipinski definition) is 6. The topological polar surface area (TPSA) is 72.3 Å². The van der Waals surface area contributed by atoms with Crippen molar-refractivity contribution in [3.05, 3.63) is 72.1 Å². The number of likely N-dealkylation sites (tertiary alicyclic amines) is 1. The van der Waals surface area contributed by atoms with Crippen LogP contribution in [0, 0.1) is 5.92 Å². The van der Waals surface area contributed by atoms with Crippen LogP contribution >= 0.6 is 0 Å². The van der Waals surface area contributed by atoms with E-state index in [4.69, 9.17) is 9.72 Å². The van der Waals surface area contributed by atoms with Crippen molar-refractivity contribution in [2.24, 2.45) is 13.0 Å². The molecular weight excluding hydrogens is 462 g/mol. The van der Waals surface area contributed by atoms with E-state index in [-0.39, 0.29) is 11.7 Å². The maximum Gasteiger partial charge on any atom is 0.208 e. The molecule has 0 amide bonds. The molecule has 37 heavy (non-hydrogen) atoms. The van der Waals surface area contributed by atoms with Crippen molar-refractivity contribution in [1.82, 2.24) is 19.4 Å². The van der Waals surface area contributed by atoms with Crippen LogP contribution in [0.4, 0.5) is 11.6 Å². The Morgan fingerprint density at radius 2 is 1.84 bits per heavy atom. The molecule has 4 aromatic rings. The third-order valence-corrected chi connectivity index (χ3v) is 7.21. The number of imidazole rings is 1. The molecule has 0 aliphatic carbocycles. The predicted molar refractivity (Wildman–Crippen MR) is 148 cm³/mol. The molecule has 2 aromatic carbocycles. The van der Waals surface area contributed by atoms with Crippen LogP contribution in [0.15, 0.2) is 60.8 Å². The van der Waals surface area contributed by atoms with Gasteiger partial charge >= 0.3 is 0 Å². The number of fused-ring (bicyclic) bond motifs is 1. The Labute approximate surface area is 218 Å². The highest BCUT2D eigenvalue weighted by Crippen LogP contribution is 2.29. The van der Waals surface area contributed by atoms with Gasteiger partial charge < -0.3 is 19.5 Å². The van der Waals surface area contributed by atoms with Crippen LogP contribution in [-0.2, 0) is 18.3 Å². The van der Waals surface area contributed by atoms with Crippen LogP contribution < -0.4 is 10.1 Å². The number of nitrogens with one attached hydrogen (secondary N) is 1. The van der Waals surface area contributed by atoms with Gasteiger partial charge in [0, 0.05) is 43.4 Å². The summed E-state index contributed by atoms with van der Waals surface area (Å²) >= 11 is 0. The van der Waals surface area contributed by atoms with E-state index in [0.29, 0.717) is 23.8 Å². The summed E-state index contributed by atoms with van der Waals surface area (Å²) in [5.41, 5.74) is 4.89. The summed E-state index contributed by atoms with van der Waals surface area (Å²) in [4.78, 5) is 24.3. The fourth-order valence-corrected chi connectivity index (χ4v) is 4.87. The van der Waals surface area contributed by atoms with Crippen molar-refractivity contribution in [3.8, 4) is 11.5 Å². The monoisotopic (exact) mass is 497 g/mol. The average molecular weight is 498 g/mol. The first-order valence-corrected chi connectivity index (χ1v) is 13.0. The van der Waals surface area contributed by atoms with Crippen molar-refractivity contribution in [2.75, 3.05) is 25.5 Å². The fourth-order valence-electron chi connectivity index (χ4n) is 4.87. The van der Waals surface area contributed by atoms with Gasteiger partial charge in [-0.3, -0.25) is 9.78 Å². The molecule has 1 N–H and O–H groups in total. The van der Waals surface area contributed by atoms with Crippen LogP contribution in [0.2, 0.25) is 0 Å². The van der Waals surface area contributed by atoms with E-state index in [1.807, 2.05) is 41.9 Å². The second-order valence-electron chi connectivity index (χ2n) is 10.4. The molecule has 0 radical (unpaired) electrons. The minimum absolute atomic E-state index is 0.129. The van der Waals surface area contributed by atoms with Gasteiger partial charge in [0.05, 0.1) is 16.7 Å². The molecule has 1 aliphatic rings. The maximum atomic E-state index is 12.8. The largest absolute Gasteiger partial charge is 0.457 e. The first-order valence-electron chi connectivity index (χ1n) is 13.0. The number of piperidine rings is 1. The van der Waals surface area contributed by atoms with Gasteiger partial charge in [-0.15, -0.1) is 0 Å². The summed E-state index contributed by atoms with van der Waals surface area (Å²) < 4.78 is 8.19. The second kappa shape index (κ2) is 10.7. The van der Waals surface area contributed by atoms with Gasteiger partial charge in [-0.25, -0.2) is 4.98 Å². The van der Waals surface area contributed by atoms with Crippen LogP contribution in [0.5, 0.6) is 11.5 Å². The average Bonchev–Trinajstić information content (AvgIpc) is 3.19. The summed E-state index contributed by atoms with van der Waals surface area (Å²) in [5, 5.41) is 3.45. The van der Waals surface area contributed by atoms with Crippen molar-refractivity contribution < 1.29 is 9.53 Å². The minimum Gasteiger partial charge on any atom is -0.457 e. The van der Waals surface area contributed by atoms with Crippen molar-refractivity contribution in [3.63, 3.8) is 0 Å². The van der Waals surface area contributed by atoms with E-state index >= 15 is 0 Å². The van der Waals surface area contributed by atoms with E-state index in [1.165, 1.54) is 5.56 Å². The molecule has 192 valence electrons. The van der Waals surface area contributed by atoms with Crippen LogP contribution in [0.25, 0.3) is 11.0 Å². The zero-order valence-electron chi connectivity index (χ0n) is 22.1. The number of aromatic nitrogens is 3. The lowest BCUT2D eigenvalue weighted by atomic mass is 9.90. The Morgan fingerprint density at radius 1 is 1.05 bits per heavy atom. The number of nitrogens with zero attached hydrogens (tertiary/aromatic N) is 4. The minimum atomic E-state index is 0.129. The van der Waals surface area contributed by atoms with Gasteiger partial charge in [0.2, 0.25) is 5.95 Å². The van der Waals surface area contributed by atoms with Gasteiger partial charge in [-0.2, -0.15) is 0 Å². The van der Waals surface area contributed by atoms with Crippen LogP contribution in [0.3, 0.4) is 0 Å². The molecular formula is C30H35N5O2. The lowest BCUT2D eigenvalue weighted by molar-refractivity contribution is -0.123. The predicted octanol–water partition coefficient (Wildman–Crippen LogP) is 6.08. The zero-order chi connectivity index (χ0) is 25.9. The summed E-state index contributed by atoms with van der Waals surface area (Å²) in [7, 11) is 4.11. The number of ketones is 1. The lowest BCUT2D eigenvalue weighted by Gasteiger charge is -2.27. The van der Waals surface area contributed by atoms with Gasteiger partial charge in [-0.1, -0.05) is 26.0 Å². The Bertz CT molecular complexity index is 1400. The molecule has 0 unspecified atom stereocenters. The van der Waals surface area contributed by atoms with E-state index in [1.54, 1.807) is 6.20 Å². The van der Waals surface area contributed by atoms with Gasteiger partial charge in [-0.05, 0) is 74.8 Å². The number of anilines is 2. The summed E-state index contributed by atoms with van der Waals surface area (Å²) in [6, 6.07) is 18.0. The summed E-state index contributed by atoms with van der Waals surface area (Å²) in [6.45, 7) is 6.33. The molecule has 7 heteroatoms. The number of ether oxygens (including phenoxy) is 1. The highest BCUT2D eigenvalue weighted by Gasteiger charge is 2.23. The number of Topliss-reactive ketones (excluding diaryl/α,β-unsaturated/α-hetero) is 1. The standard InChI is InChI=1S/C30H35N5O2/c1-20(2)22-6-5-7-23(16-22)32-30-33-27-19-25(8-9-28(27)35(30)4)37-26-10-13-31-24(17-26)18-29(36)21-11-14-34(3)15-12-21/h5-10,13,16-17,19-21H,11-12,14-15,18H2,1-4H3,(H,32,33). The Hall–Kier alpha value is -3.71. The second-order valence-corrected chi connectivity index (χ2v) is 10.4. The molecule has 1 aliphatic heterocycles. The molecule has 0 spiro atoms. The van der Waals surface area contributed by atoms with Crippen LogP contribution in [0.1, 0.15) is 43.9 Å². The smallest absolute Gasteiger partial charge is 0.208 e. The number of carbonyl (C=O) groups is 1. The maximum absolute atomic E-state index is 12.8. The number of hydrogen-bond donors (Lipinski definition) is 1. The lowest BCUT2D eigenvalue weighted by Crippen LogP contribution is -2.34. The molecule has 3 heterocycles. The van der Waals surface area contributed by atoms with Crippen LogP contribution in [-0.4, -0.2) is 45.4 Å². The van der Waals surface area contributed by atoms with Crippen molar-refractivity contribution in [2.45, 2.75) is 39.0 Å². The highest BCUT2D eigenvalue weighted by atomic mass is 16.5. The fraction of sp³-hybridized carbons (Fsp3) is 0.367. The van der Waals surface area contributed by atoms with E-state index in [9.17, 15) is 4.79 Å². The SMILES string of the molecule is CC(C)c1cccc(Nc2nc3cc(Oc4ccnc(CC(=O)C5CCN(C)CC5)c4)ccc3n2C)c1.